The van der Waals surface area contributed by atoms with Crippen LogP contribution in [0.3, 0.4) is 0 Å². The summed E-state index contributed by atoms with van der Waals surface area (Å²) in [7, 11) is 0. The lowest BCUT2D eigenvalue weighted by molar-refractivity contribution is 0.338. The molecule has 3 heteroatoms. The topological polar surface area (TPSA) is 38.1 Å². The Hall–Kier alpha value is -0.830. The van der Waals surface area contributed by atoms with Gasteiger partial charge in [0, 0.05) is 6.42 Å². The molecule has 2 rings (SSSR count). The Kier molecular flexibility index (Phi) is 3.41. The summed E-state index contributed by atoms with van der Waals surface area (Å²) in [5.41, 5.74) is 1.12. The smallest absolute Gasteiger partial charge is 0.194 e. The van der Waals surface area contributed by atoms with E-state index >= 15 is 0 Å². The van der Waals surface area contributed by atoms with Crippen LogP contribution in [0.2, 0.25) is 0 Å². The van der Waals surface area contributed by atoms with Crippen LogP contribution >= 0.6 is 0 Å². The Bertz CT molecular complexity index is 313. The van der Waals surface area contributed by atoms with E-state index in [1.165, 1.54) is 12.8 Å². The van der Waals surface area contributed by atoms with Crippen LogP contribution in [0.1, 0.15) is 37.1 Å². The van der Waals surface area contributed by atoms with Crippen molar-refractivity contribution in [2.75, 3.05) is 13.1 Å². The highest BCUT2D eigenvalue weighted by molar-refractivity contribution is 5.08. The number of aromatic nitrogens is 1. The SMILES string of the molecule is CCc1nc(CC2CCNCC2)oc1C. The predicted molar refractivity (Wildman–Crippen MR) is 59.9 cm³/mol. The number of rotatable bonds is 3. The van der Waals surface area contributed by atoms with Crippen molar-refractivity contribution < 1.29 is 4.42 Å². The first-order valence-corrected chi connectivity index (χ1v) is 5.95. The third kappa shape index (κ3) is 2.59. The number of aryl methyl sites for hydroxylation is 2. The number of nitrogens with zero attached hydrogens (tertiary/aromatic N) is 1. The van der Waals surface area contributed by atoms with E-state index in [2.05, 4.69) is 17.2 Å². The maximum atomic E-state index is 5.68. The van der Waals surface area contributed by atoms with E-state index < -0.39 is 0 Å². The summed E-state index contributed by atoms with van der Waals surface area (Å²) < 4.78 is 5.68. The van der Waals surface area contributed by atoms with Gasteiger partial charge in [-0.1, -0.05) is 6.92 Å². The fourth-order valence-electron chi connectivity index (χ4n) is 2.24. The summed E-state index contributed by atoms with van der Waals surface area (Å²) in [6.07, 6.45) is 4.50. The molecule has 1 fully saturated rings. The first kappa shape index (κ1) is 10.7. The summed E-state index contributed by atoms with van der Waals surface area (Å²) >= 11 is 0. The Balaban J connectivity index is 1.97. The summed E-state index contributed by atoms with van der Waals surface area (Å²) in [6.45, 7) is 6.42. The molecule has 3 nitrogen and oxygen atoms in total. The van der Waals surface area contributed by atoms with Crippen LogP contribution in [-0.2, 0) is 12.8 Å². The van der Waals surface area contributed by atoms with Gasteiger partial charge in [0.15, 0.2) is 5.89 Å². The van der Waals surface area contributed by atoms with E-state index in [-0.39, 0.29) is 0 Å². The van der Waals surface area contributed by atoms with E-state index in [9.17, 15) is 0 Å². The average molecular weight is 208 g/mol. The van der Waals surface area contributed by atoms with Crippen molar-refractivity contribution in [1.82, 2.24) is 10.3 Å². The second-order valence-electron chi connectivity index (χ2n) is 4.36. The van der Waals surface area contributed by atoms with Crippen LogP contribution in [0.4, 0.5) is 0 Å². The van der Waals surface area contributed by atoms with Crippen LogP contribution in [0, 0.1) is 12.8 Å². The molecular formula is C12H20N2O. The average Bonchev–Trinajstić information content (AvgIpc) is 2.60. The molecule has 0 unspecified atom stereocenters. The molecule has 0 atom stereocenters. The summed E-state index contributed by atoms with van der Waals surface area (Å²) in [5, 5.41) is 3.38. The maximum Gasteiger partial charge on any atom is 0.194 e. The van der Waals surface area contributed by atoms with Crippen molar-refractivity contribution in [2.45, 2.75) is 39.5 Å². The van der Waals surface area contributed by atoms with E-state index in [4.69, 9.17) is 4.42 Å². The number of piperidine rings is 1. The standard InChI is InChI=1S/C12H20N2O/c1-3-11-9(2)15-12(14-11)8-10-4-6-13-7-5-10/h10,13H,3-8H2,1-2H3. The van der Waals surface area contributed by atoms with Crippen molar-refractivity contribution in [3.05, 3.63) is 17.3 Å². The zero-order valence-corrected chi connectivity index (χ0v) is 9.68. The van der Waals surface area contributed by atoms with Gasteiger partial charge in [0.1, 0.15) is 5.76 Å². The Labute approximate surface area is 91.3 Å². The molecule has 0 radical (unpaired) electrons. The van der Waals surface area contributed by atoms with Crippen LogP contribution in [0.15, 0.2) is 4.42 Å². The molecule has 0 spiro atoms. The number of hydrogen-bond donors (Lipinski definition) is 1. The lowest BCUT2D eigenvalue weighted by atomic mass is 9.95. The molecule has 0 bridgehead atoms. The number of hydrogen-bond acceptors (Lipinski definition) is 3. The van der Waals surface area contributed by atoms with Crippen LogP contribution in [-0.4, -0.2) is 18.1 Å². The summed E-state index contributed by atoms with van der Waals surface area (Å²) in [4.78, 5) is 4.54. The number of nitrogens with one attached hydrogen (secondary N) is 1. The maximum absolute atomic E-state index is 5.68. The van der Waals surface area contributed by atoms with Crippen LogP contribution in [0.25, 0.3) is 0 Å². The van der Waals surface area contributed by atoms with Gasteiger partial charge in [-0.25, -0.2) is 4.98 Å². The van der Waals surface area contributed by atoms with Gasteiger partial charge >= 0.3 is 0 Å². The normalized spacial score (nSPS) is 18.3. The largest absolute Gasteiger partial charge is 0.446 e. The van der Waals surface area contributed by atoms with Gasteiger partial charge in [-0.2, -0.15) is 0 Å². The minimum absolute atomic E-state index is 0.758. The molecule has 1 aliphatic heterocycles. The lowest BCUT2D eigenvalue weighted by Gasteiger charge is -2.20. The fourth-order valence-corrected chi connectivity index (χ4v) is 2.24. The van der Waals surface area contributed by atoms with Gasteiger partial charge in [-0.05, 0) is 45.2 Å². The van der Waals surface area contributed by atoms with Gasteiger partial charge in [0.2, 0.25) is 0 Å². The molecule has 1 aliphatic rings. The predicted octanol–water partition coefficient (Wildman–Crippen LogP) is 2.09. The summed E-state index contributed by atoms with van der Waals surface area (Å²) in [5.74, 6) is 2.70. The monoisotopic (exact) mass is 208 g/mol. The molecule has 15 heavy (non-hydrogen) atoms. The van der Waals surface area contributed by atoms with Gasteiger partial charge in [0.05, 0.1) is 5.69 Å². The minimum atomic E-state index is 0.758. The molecule has 1 aromatic rings. The molecule has 0 saturated carbocycles. The fraction of sp³-hybridized carbons (Fsp3) is 0.750. The Morgan fingerprint density at radius 1 is 1.40 bits per heavy atom. The van der Waals surface area contributed by atoms with Crippen LogP contribution < -0.4 is 5.32 Å². The highest BCUT2D eigenvalue weighted by Gasteiger charge is 2.17. The quantitative estimate of drug-likeness (QED) is 0.826. The Morgan fingerprint density at radius 3 is 2.73 bits per heavy atom. The molecule has 1 N–H and O–H groups in total. The van der Waals surface area contributed by atoms with Gasteiger partial charge in [-0.15, -0.1) is 0 Å². The van der Waals surface area contributed by atoms with Gasteiger partial charge in [-0.3, -0.25) is 0 Å². The first-order chi connectivity index (χ1) is 7.29. The molecule has 0 amide bonds. The zero-order chi connectivity index (χ0) is 10.7. The van der Waals surface area contributed by atoms with Crippen molar-refractivity contribution in [1.29, 1.82) is 0 Å². The first-order valence-electron chi connectivity index (χ1n) is 5.95. The second kappa shape index (κ2) is 4.79. The molecule has 0 aliphatic carbocycles. The highest BCUT2D eigenvalue weighted by atomic mass is 16.4. The van der Waals surface area contributed by atoms with Gasteiger partial charge in [0.25, 0.3) is 0 Å². The molecular weight excluding hydrogens is 188 g/mol. The van der Waals surface area contributed by atoms with E-state index in [0.717, 1.165) is 49.2 Å². The highest BCUT2D eigenvalue weighted by Crippen LogP contribution is 2.19. The second-order valence-corrected chi connectivity index (χ2v) is 4.36. The van der Waals surface area contributed by atoms with E-state index in [0.29, 0.717) is 0 Å². The molecule has 2 heterocycles. The van der Waals surface area contributed by atoms with E-state index in [1.54, 1.807) is 0 Å². The third-order valence-corrected chi connectivity index (χ3v) is 3.19. The van der Waals surface area contributed by atoms with Crippen molar-refractivity contribution in [2.24, 2.45) is 5.92 Å². The van der Waals surface area contributed by atoms with Crippen molar-refractivity contribution in [3.8, 4) is 0 Å². The third-order valence-electron chi connectivity index (χ3n) is 3.19. The van der Waals surface area contributed by atoms with Crippen LogP contribution in [0.5, 0.6) is 0 Å². The molecule has 1 aromatic heterocycles. The van der Waals surface area contributed by atoms with Crippen molar-refractivity contribution >= 4 is 0 Å². The molecule has 84 valence electrons. The Morgan fingerprint density at radius 2 is 2.13 bits per heavy atom. The molecule has 0 aromatic carbocycles. The lowest BCUT2D eigenvalue weighted by Crippen LogP contribution is -2.28. The minimum Gasteiger partial charge on any atom is -0.446 e. The van der Waals surface area contributed by atoms with Gasteiger partial charge < -0.3 is 9.73 Å². The van der Waals surface area contributed by atoms with Crippen molar-refractivity contribution in [3.63, 3.8) is 0 Å². The number of oxazole rings is 1. The zero-order valence-electron chi connectivity index (χ0n) is 9.68. The summed E-state index contributed by atoms with van der Waals surface area (Å²) in [6, 6.07) is 0. The van der Waals surface area contributed by atoms with E-state index in [1.807, 2.05) is 6.92 Å². The molecule has 1 saturated heterocycles.